The Morgan fingerprint density at radius 3 is 3.00 bits per heavy atom. The standard InChI is InChI=1S/C11H12BrNO2/c12-9-3-1-8-6-10(13-11(14)15)4-2-7(8)5-9/h1,3,5,10,13H,2,4,6H2,(H,14,15)/t10-/m1/s1. The van der Waals surface area contributed by atoms with Crippen LogP contribution in [0.2, 0.25) is 0 Å². The van der Waals surface area contributed by atoms with Crippen LogP contribution < -0.4 is 5.32 Å². The third-order valence-corrected chi connectivity index (χ3v) is 3.22. The summed E-state index contributed by atoms with van der Waals surface area (Å²) in [7, 11) is 0. The molecule has 4 heteroatoms. The zero-order valence-electron chi connectivity index (χ0n) is 8.16. The molecule has 0 aromatic heterocycles. The van der Waals surface area contributed by atoms with Gasteiger partial charge in [0.25, 0.3) is 0 Å². The Bertz CT molecular complexity index is 392. The Kier molecular flexibility index (Phi) is 2.95. The molecule has 2 N–H and O–H groups in total. The van der Waals surface area contributed by atoms with Crippen LogP contribution in [-0.4, -0.2) is 17.2 Å². The topological polar surface area (TPSA) is 49.3 Å². The van der Waals surface area contributed by atoms with Crippen LogP contribution in [0.15, 0.2) is 22.7 Å². The smallest absolute Gasteiger partial charge is 0.404 e. The molecule has 0 saturated carbocycles. The van der Waals surface area contributed by atoms with E-state index in [4.69, 9.17) is 5.11 Å². The predicted octanol–water partition coefficient (Wildman–Crippen LogP) is 2.57. The van der Waals surface area contributed by atoms with Crippen LogP contribution in [0, 0.1) is 0 Å². The zero-order valence-corrected chi connectivity index (χ0v) is 9.75. The molecule has 0 spiro atoms. The summed E-state index contributed by atoms with van der Waals surface area (Å²) in [6.45, 7) is 0. The number of benzene rings is 1. The SMILES string of the molecule is O=C(O)N[C@@H]1CCc2cc(Br)ccc2C1. The Morgan fingerprint density at radius 1 is 1.47 bits per heavy atom. The average Bonchev–Trinajstić information content (AvgIpc) is 2.17. The van der Waals surface area contributed by atoms with Gasteiger partial charge >= 0.3 is 6.09 Å². The number of hydrogen-bond acceptors (Lipinski definition) is 1. The van der Waals surface area contributed by atoms with E-state index in [0.717, 1.165) is 23.7 Å². The van der Waals surface area contributed by atoms with Gasteiger partial charge in [-0.25, -0.2) is 4.79 Å². The molecule has 0 radical (unpaired) electrons. The van der Waals surface area contributed by atoms with Crippen molar-refractivity contribution in [2.75, 3.05) is 0 Å². The molecule has 1 atom stereocenters. The van der Waals surface area contributed by atoms with Gasteiger partial charge in [-0.05, 0) is 42.5 Å². The van der Waals surface area contributed by atoms with Gasteiger partial charge in [-0.2, -0.15) is 0 Å². The summed E-state index contributed by atoms with van der Waals surface area (Å²) in [5, 5.41) is 11.2. The molecule has 2 rings (SSSR count). The van der Waals surface area contributed by atoms with Crippen molar-refractivity contribution < 1.29 is 9.90 Å². The van der Waals surface area contributed by atoms with Crippen molar-refractivity contribution in [1.82, 2.24) is 5.32 Å². The van der Waals surface area contributed by atoms with E-state index in [1.54, 1.807) is 0 Å². The second-order valence-electron chi connectivity index (χ2n) is 3.80. The van der Waals surface area contributed by atoms with Gasteiger partial charge in [0.1, 0.15) is 0 Å². The van der Waals surface area contributed by atoms with Crippen LogP contribution in [0.4, 0.5) is 4.79 Å². The molecule has 0 bridgehead atoms. The molecule has 0 fully saturated rings. The molecule has 0 heterocycles. The van der Waals surface area contributed by atoms with Crippen LogP contribution in [0.1, 0.15) is 17.5 Å². The molecule has 1 amide bonds. The number of halogens is 1. The lowest BCUT2D eigenvalue weighted by Gasteiger charge is -2.24. The van der Waals surface area contributed by atoms with E-state index in [1.165, 1.54) is 11.1 Å². The first kappa shape index (κ1) is 10.5. The van der Waals surface area contributed by atoms with Gasteiger partial charge < -0.3 is 10.4 Å². The number of rotatable bonds is 1. The fraction of sp³-hybridized carbons (Fsp3) is 0.364. The first-order valence-electron chi connectivity index (χ1n) is 4.92. The van der Waals surface area contributed by atoms with Gasteiger partial charge in [-0.3, -0.25) is 0 Å². The van der Waals surface area contributed by atoms with Crippen LogP contribution >= 0.6 is 15.9 Å². The third-order valence-electron chi connectivity index (χ3n) is 2.72. The van der Waals surface area contributed by atoms with E-state index in [2.05, 4.69) is 33.4 Å². The first-order chi connectivity index (χ1) is 7.15. The molecule has 80 valence electrons. The van der Waals surface area contributed by atoms with Crippen molar-refractivity contribution in [1.29, 1.82) is 0 Å². The summed E-state index contributed by atoms with van der Waals surface area (Å²) in [4.78, 5) is 10.5. The highest BCUT2D eigenvalue weighted by Crippen LogP contribution is 2.24. The summed E-state index contributed by atoms with van der Waals surface area (Å²) in [5.41, 5.74) is 2.58. The van der Waals surface area contributed by atoms with E-state index < -0.39 is 6.09 Å². The number of carbonyl (C=O) groups is 1. The van der Waals surface area contributed by atoms with Crippen molar-refractivity contribution >= 4 is 22.0 Å². The Balaban J connectivity index is 2.13. The largest absolute Gasteiger partial charge is 0.465 e. The van der Waals surface area contributed by atoms with Crippen LogP contribution in [-0.2, 0) is 12.8 Å². The highest BCUT2D eigenvalue weighted by Gasteiger charge is 2.19. The number of amides is 1. The Morgan fingerprint density at radius 2 is 2.27 bits per heavy atom. The van der Waals surface area contributed by atoms with Crippen molar-refractivity contribution in [2.24, 2.45) is 0 Å². The van der Waals surface area contributed by atoms with Crippen LogP contribution in [0.3, 0.4) is 0 Å². The van der Waals surface area contributed by atoms with Gasteiger partial charge in [0.2, 0.25) is 0 Å². The molecular formula is C11H12BrNO2. The molecule has 0 unspecified atom stereocenters. The number of nitrogens with one attached hydrogen (secondary N) is 1. The lowest BCUT2D eigenvalue weighted by atomic mass is 9.88. The third kappa shape index (κ3) is 2.50. The van der Waals surface area contributed by atoms with Gasteiger partial charge in [-0.1, -0.05) is 22.0 Å². The van der Waals surface area contributed by atoms with Gasteiger partial charge in [0.15, 0.2) is 0 Å². The van der Waals surface area contributed by atoms with Gasteiger partial charge in [-0.15, -0.1) is 0 Å². The number of aryl methyl sites for hydroxylation is 1. The van der Waals surface area contributed by atoms with E-state index in [-0.39, 0.29) is 6.04 Å². The van der Waals surface area contributed by atoms with Crippen molar-refractivity contribution in [2.45, 2.75) is 25.3 Å². The van der Waals surface area contributed by atoms with E-state index in [0.29, 0.717) is 0 Å². The lowest BCUT2D eigenvalue weighted by Crippen LogP contribution is -2.37. The highest BCUT2D eigenvalue weighted by molar-refractivity contribution is 9.10. The van der Waals surface area contributed by atoms with E-state index >= 15 is 0 Å². The minimum absolute atomic E-state index is 0.0659. The predicted molar refractivity (Wildman–Crippen MR) is 61.1 cm³/mol. The van der Waals surface area contributed by atoms with Crippen molar-refractivity contribution in [3.8, 4) is 0 Å². The van der Waals surface area contributed by atoms with E-state index in [1.807, 2.05) is 6.07 Å². The Labute approximate surface area is 96.6 Å². The second-order valence-corrected chi connectivity index (χ2v) is 4.72. The molecule has 0 aliphatic heterocycles. The quantitative estimate of drug-likeness (QED) is 0.824. The maximum atomic E-state index is 10.5. The monoisotopic (exact) mass is 269 g/mol. The summed E-state index contributed by atoms with van der Waals surface area (Å²) >= 11 is 3.44. The molecule has 1 aromatic rings. The average molecular weight is 270 g/mol. The molecule has 1 aromatic carbocycles. The molecular weight excluding hydrogens is 258 g/mol. The van der Waals surface area contributed by atoms with Crippen LogP contribution in [0.5, 0.6) is 0 Å². The minimum Gasteiger partial charge on any atom is -0.465 e. The molecule has 0 saturated heterocycles. The number of fused-ring (bicyclic) bond motifs is 1. The van der Waals surface area contributed by atoms with Gasteiger partial charge in [0.05, 0.1) is 0 Å². The fourth-order valence-electron chi connectivity index (χ4n) is 2.02. The second kappa shape index (κ2) is 4.23. The van der Waals surface area contributed by atoms with Crippen molar-refractivity contribution in [3.63, 3.8) is 0 Å². The fourth-order valence-corrected chi connectivity index (χ4v) is 2.43. The van der Waals surface area contributed by atoms with E-state index in [9.17, 15) is 4.79 Å². The minimum atomic E-state index is -0.930. The molecule has 3 nitrogen and oxygen atoms in total. The Hall–Kier alpha value is -1.03. The molecule has 1 aliphatic rings. The number of carboxylic acid groups (broad SMARTS) is 1. The maximum Gasteiger partial charge on any atom is 0.404 e. The number of hydrogen-bond donors (Lipinski definition) is 2. The summed E-state index contributed by atoms with van der Waals surface area (Å²) in [6.07, 6.45) is 1.70. The summed E-state index contributed by atoms with van der Waals surface area (Å²) in [5.74, 6) is 0. The van der Waals surface area contributed by atoms with Crippen molar-refractivity contribution in [3.05, 3.63) is 33.8 Å². The normalized spacial score (nSPS) is 19.4. The maximum absolute atomic E-state index is 10.5. The summed E-state index contributed by atoms with van der Waals surface area (Å²) < 4.78 is 1.09. The summed E-state index contributed by atoms with van der Waals surface area (Å²) in [6, 6.07) is 6.25. The zero-order chi connectivity index (χ0) is 10.8. The van der Waals surface area contributed by atoms with Gasteiger partial charge in [0, 0.05) is 10.5 Å². The van der Waals surface area contributed by atoms with Crippen LogP contribution in [0.25, 0.3) is 0 Å². The molecule has 1 aliphatic carbocycles. The lowest BCUT2D eigenvalue weighted by molar-refractivity contribution is 0.188. The first-order valence-corrected chi connectivity index (χ1v) is 5.71. The highest BCUT2D eigenvalue weighted by atomic mass is 79.9. The molecule has 15 heavy (non-hydrogen) atoms.